The molecule has 1 aromatic heterocycles. The molecule has 8 heteroatoms. The van der Waals surface area contributed by atoms with Gasteiger partial charge < -0.3 is 4.90 Å². The summed E-state index contributed by atoms with van der Waals surface area (Å²) in [6, 6.07) is 8.56. The van der Waals surface area contributed by atoms with E-state index in [1.54, 1.807) is 12.1 Å². The molecule has 2 heterocycles. The molecule has 0 radical (unpaired) electrons. The van der Waals surface area contributed by atoms with Gasteiger partial charge in [-0.15, -0.1) is 0 Å². The van der Waals surface area contributed by atoms with Gasteiger partial charge in [-0.3, -0.25) is 9.59 Å². The van der Waals surface area contributed by atoms with Gasteiger partial charge in [-0.05, 0) is 31.0 Å². The fraction of sp³-hybridized carbons (Fsp3) is 0.312. The van der Waals surface area contributed by atoms with Crippen LogP contribution in [0.15, 0.2) is 41.2 Å². The van der Waals surface area contributed by atoms with Crippen molar-refractivity contribution >= 4 is 11.6 Å². The van der Waals surface area contributed by atoms with Crippen LogP contribution < -0.4 is 10.5 Å². The van der Waals surface area contributed by atoms with Gasteiger partial charge in [0.25, 0.3) is 5.56 Å². The van der Waals surface area contributed by atoms with Crippen LogP contribution in [-0.2, 0) is 23.9 Å². The number of rotatable bonds is 2. The van der Waals surface area contributed by atoms with Crippen LogP contribution in [0.25, 0.3) is 0 Å². The minimum atomic E-state index is -4.67. The standard InChI is InChI=1S/C16H14F3N3O2/c1-10-8-11-4-2-3-5-12(11)22(10)15(24)9-21-14(23)7-6-13(20-21)16(17,18)19/h2-7,10H,8-9H2,1H3. The maximum Gasteiger partial charge on any atom is 0.435 e. The normalized spacial score (nSPS) is 17.0. The number of hydrogen-bond acceptors (Lipinski definition) is 3. The first-order valence-corrected chi connectivity index (χ1v) is 7.32. The van der Waals surface area contributed by atoms with Crippen LogP contribution in [0.3, 0.4) is 0 Å². The molecule has 1 amide bonds. The lowest BCUT2D eigenvalue weighted by atomic mass is 10.1. The molecule has 0 fully saturated rings. The average Bonchev–Trinajstić information content (AvgIpc) is 2.84. The first-order chi connectivity index (χ1) is 11.3. The number of anilines is 1. The number of fused-ring (bicyclic) bond motifs is 1. The van der Waals surface area contributed by atoms with Gasteiger partial charge in [-0.2, -0.15) is 18.3 Å². The van der Waals surface area contributed by atoms with Crippen LogP contribution in [0.2, 0.25) is 0 Å². The number of carbonyl (C=O) groups excluding carboxylic acids is 1. The number of para-hydroxylation sites is 1. The third-order valence-corrected chi connectivity index (χ3v) is 3.92. The molecule has 0 bridgehead atoms. The zero-order chi connectivity index (χ0) is 17.5. The van der Waals surface area contributed by atoms with E-state index in [1.165, 1.54) is 4.90 Å². The molecule has 1 aliphatic rings. The molecule has 5 nitrogen and oxygen atoms in total. The first kappa shape index (κ1) is 16.2. The van der Waals surface area contributed by atoms with Crippen molar-refractivity contribution in [2.45, 2.75) is 32.1 Å². The zero-order valence-electron chi connectivity index (χ0n) is 12.7. The van der Waals surface area contributed by atoms with E-state index in [4.69, 9.17) is 0 Å². The van der Waals surface area contributed by atoms with Crippen LogP contribution >= 0.6 is 0 Å². The van der Waals surface area contributed by atoms with Gasteiger partial charge in [0.15, 0.2) is 5.69 Å². The molecular formula is C16H14F3N3O2. The zero-order valence-corrected chi connectivity index (χ0v) is 12.7. The molecule has 1 unspecified atom stereocenters. The van der Waals surface area contributed by atoms with Gasteiger partial charge in [0.1, 0.15) is 6.54 Å². The van der Waals surface area contributed by atoms with Crippen molar-refractivity contribution in [1.82, 2.24) is 9.78 Å². The number of alkyl halides is 3. The van der Waals surface area contributed by atoms with E-state index in [1.807, 2.05) is 19.1 Å². The summed E-state index contributed by atoms with van der Waals surface area (Å²) in [5.74, 6) is -0.471. The Labute approximate surface area is 135 Å². The Morgan fingerprint density at radius 2 is 1.96 bits per heavy atom. The Hall–Kier alpha value is -2.64. The molecule has 0 saturated heterocycles. The summed E-state index contributed by atoms with van der Waals surface area (Å²) < 4.78 is 38.7. The maximum atomic E-state index is 12.7. The first-order valence-electron chi connectivity index (χ1n) is 7.32. The Balaban J connectivity index is 1.90. The second-order valence-electron chi connectivity index (χ2n) is 5.66. The number of benzene rings is 1. The fourth-order valence-electron chi connectivity index (χ4n) is 2.86. The summed E-state index contributed by atoms with van der Waals surface area (Å²) in [4.78, 5) is 25.8. The highest BCUT2D eigenvalue weighted by Gasteiger charge is 2.34. The van der Waals surface area contributed by atoms with Crippen LogP contribution in [0, 0.1) is 0 Å². The SMILES string of the molecule is CC1Cc2ccccc2N1C(=O)Cn1nc(C(F)(F)F)ccc1=O. The molecule has 1 aromatic carbocycles. The summed E-state index contributed by atoms with van der Waals surface area (Å²) in [7, 11) is 0. The average molecular weight is 337 g/mol. The highest BCUT2D eigenvalue weighted by Crippen LogP contribution is 2.32. The summed E-state index contributed by atoms with van der Waals surface area (Å²) in [5, 5.41) is 3.27. The van der Waals surface area contributed by atoms with Gasteiger partial charge in [0.2, 0.25) is 5.91 Å². The minimum absolute atomic E-state index is 0.128. The third-order valence-electron chi connectivity index (χ3n) is 3.92. The molecule has 126 valence electrons. The third kappa shape index (κ3) is 2.91. The largest absolute Gasteiger partial charge is 0.435 e. The Kier molecular flexibility index (Phi) is 3.90. The van der Waals surface area contributed by atoms with Crippen LogP contribution in [-0.4, -0.2) is 21.7 Å². The number of amides is 1. The van der Waals surface area contributed by atoms with Crippen molar-refractivity contribution < 1.29 is 18.0 Å². The number of halogens is 3. The maximum absolute atomic E-state index is 12.7. The molecule has 0 spiro atoms. The molecule has 24 heavy (non-hydrogen) atoms. The number of nitrogens with zero attached hydrogens (tertiary/aromatic N) is 3. The highest BCUT2D eigenvalue weighted by molar-refractivity contribution is 5.95. The topological polar surface area (TPSA) is 55.2 Å². The van der Waals surface area contributed by atoms with Crippen molar-refractivity contribution in [1.29, 1.82) is 0 Å². The molecule has 0 saturated carbocycles. The van der Waals surface area contributed by atoms with E-state index >= 15 is 0 Å². The van der Waals surface area contributed by atoms with Crippen molar-refractivity contribution in [2.75, 3.05) is 4.90 Å². The van der Waals surface area contributed by atoms with E-state index in [2.05, 4.69) is 5.10 Å². The molecule has 1 atom stereocenters. The Bertz CT molecular complexity index is 845. The van der Waals surface area contributed by atoms with Gasteiger partial charge in [-0.1, -0.05) is 18.2 Å². The predicted molar refractivity (Wildman–Crippen MR) is 80.6 cm³/mol. The van der Waals surface area contributed by atoms with Crippen molar-refractivity contribution in [3.8, 4) is 0 Å². The van der Waals surface area contributed by atoms with Gasteiger partial charge in [-0.25, -0.2) is 4.68 Å². The second-order valence-corrected chi connectivity index (χ2v) is 5.66. The molecule has 0 aliphatic carbocycles. The summed E-state index contributed by atoms with van der Waals surface area (Å²) in [5.41, 5.74) is -0.251. The summed E-state index contributed by atoms with van der Waals surface area (Å²) >= 11 is 0. The molecular weight excluding hydrogens is 323 g/mol. The van der Waals surface area contributed by atoms with Gasteiger partial charge in [0, 0.05) is 17.8 Å². The Morgan fingerprint density at radius 1 is 1.25 bits per heavy atom. The lowest BCUT2D eigenvalue weighted by Gasteiger charge is -2.23. The summed E-state index contributed by atoms with van der Waals surface area (Å²) in [6.07, 6.45) is -4.02. The van der Waals surface area contributed by atoms with Gasteiger partial charge in [0.05, 0.1) is 0 Å². The lowest BCUT2D eigenvalue weighted by molar-refractivity contribution is -0.142. The predicted octanol–water partition coefficient (Wildman–Crippen LogP) is 2.24. The quantitative estimate of drug-likeness (QED) is 0.844. The molecule has 3 rings (SSSR count). The van der Waals surface area contributed by atoms with Gasteiger partial charge >= 0.3 is 6.18 Å². The molecule has 2 aromatic rings. The van der Waals surface area contributed by atoms with Crippen molar-refractivity contribution in [3.63, 3.8) is 0 Å². The molecule has 1 aliphatic heterocycles. The van der Waals surface area contributed by atoms with E-state index in [-0.39, 0.29) is 6.04 Å². The number of carbonyl (C=O) groups is 1. The van der Waals surface area contributed by atoms with E-state index < -0.39 is 29.9 Å². The van der Waals surface area contributed by atoms with E-state index in [0.717, 1.165) is 17.3 Å². The van der Waals surface area contributed by atoms with Crippen molar-refractivity contribution in [2.24, 2.45) is 0 Å². The monoisotopic (exact) mass is 337 g/mol. The minimum Gasteiger partial charge on any atom is -0.307 e. The number of hydrogen-bond donors (Lipinski definition) is 0. The van der Waals surface area contributed by atoms with E-state index in [0.29, 0.717) is 17.2 Å². The van der Waals surface area contributed by atoms with Crippen molar-refractivity contribution in [3.05, 3.63) is 58.0 Å². The smallest absolute Gasteiger partial charge is 0.307 e. The van der Waals surface area contributed by atoms with Crippen LogP contribution in [0.4, 0.5) is 18.9 Å². The van der Waals surface area contributed by atoms with Crippen LogP contribution in [0.1, 0.15) is 18.2 Å². The van der Waals surface area contributed by atoms with Crippen LogP contribution in [0.5, 0.6) is 0 Å². The summed E-state index contributed by atoms with van der Waals surface area (Å²) in [6.45, 7) is 1.31. The fourth-order valence-corrected chi connectivity index (χ4v) is 2.86. The molecule has 0 N–H and O–H groups in total. The van der Waals surface area contributed by atoms with E-state index in [9.17, 15) is 22.8 Å². The second kappa shape index (κ2) is 5.77. The highest BCUT2D eigenvalue weighted by atomic mass is 19.4. The lowest BCUT2D eigenvalue weighted by Crippen LogP contribution is -2.40. The Morgan fingerprint density at radius 3 is 2.67 bits per heavy atom. The number of aromatic nitrogens is 2.